The molecule has 0 spiro atoms. The Kier molecular flexibility index (Phi) is 3.49. The van der Waals surface area contributed by atoms with Crippen LogP contribution in [0.1, 0.15) is 0 Å². The van der Waals surface area contributed by atoms with Crippen molar-refractivity contribution in [3.63, 3.8) is 0 Å². The molecule has 0 atom stereocenters. The fourth-order valence-corrected chi connectivity index (χ4v) is 1.94. The summed E-state index contributed by atoms with van der Waals surface area (Å²) in [6.45, 7) is 3.34. The Hall–Kier alpha value is -1.07. The molecule has 0 radical (unpaired) electrons. The van der Waals surface area contributed by atoms with Gasteiger partial charge in [-0.1, -0.05) is 17.7 Å². The molecule has 1 aromatic heterocycles. The van der Waals surface area contributed by atoms with E-state index in [4.69, 9.17) is 11.6 Å². The van der Waals surface area contributed by atoms with Gasteiger partial charge in [0.25, 0.3) is 0 Å². The molecular weight excluding hydrogens is 224 g/mol. The van der Waals surface area contributed by atoms with E-state index < -0.39 is 10.0 Å². The molecule has 0 aliphatic carbocycles. The number of sulfonamides is 1. The van der Waals surface area contributed by atoms with Crippen LogP contribution in [-0.2, 0) is 10.0 Å². The van der Waals surface area contributed by atoms with Crippen molar-refractivity contribution in [3.8, 4) is 0 Å². The van der Waals surface area contributed by atoms with Crippen LogP contribution in [0.3, 0.4) is 0 Å². The zero-order valence-corrected chi connectivity index (χ0v) is 8.85. The Morgan fingerprint density at radius 1 is 1.64 bits per heavy atom. The molecule has 1 aromatic rings. The van der Waals surface area contributed by atoms with Gasteiger partial charge in [-0.3, -0.25) is 4.72 Å². The standard InChI is InChI=1S/C8H9ClN2O2S/c1-2-6-14(12,13)11-7-4-3-5-10-8(7)9/h2-5,11H,1,6H2. The summed E-state index contributed by atoms with van der Waals surface area (Å²) >= 11 is 5.67. The Labute approximate surface area is 87.7 Å². The van der Waals surface area contributed by atoms with Gasteiger partial charge in [0.05, 0.1) is 11.4 Å². The summed E-state index contributed by atoms with van der Waals surface area (Å²) in [6.07, 6.45) is 2.78. The highest BCUT2D eigenvalue weighted by Gasteiger charge is 2.09. The van der Waals surface area contributed by atoms with E-state index in [0.717, 1.165) is 0 Å². The van der Waals surface area contributed by atoms with Crippen molar-refractivity contribution in [1.82, 2.24) is 4.98 Å². The van der Waals surface area contributed by atoms with Gasteiger partial charge in [0.15, 0.2) is 5.15 Å². The van der Waals surface area contributed by atoms with Crippen molar-refractivity contribution in [2.45, 2.75) is 0 Å². The molecule has 0 fully saturated rings. The number of hydrogen-bond acceptors (Lipinski definition) is 3. The first-order chi connectivity index (χ1) is 6.55. The van der Waals surface area contributed by atoms with Crippen molar-refractivity contribution in [3.05, 3.63) is 36.1 Å². The average Bonchev–Trinajstić information content (AvgIpc) is 2.08. The van der Waals surface area contributed by atoms with Crippen molar-refractivity contribution < 1.29 is 8.42 Å². The molecule has 6 heteroatoms. The highest BCUT2D eigenvalue weighted by molar-refractivity contribution is 7.92. The Morgan fingerprint density at radius 2 is 2.36 bits per heavy atom. The SMILES string of the molecule is C=CCS(=O)(=O)Nc1cccnc1Cl. The molecule has 4 nitrogen and oxygen atoms in total. The summed E-state index contributed by atoms with van der Waals surface area (Å²) in [7, 11) is -3.40. The third-order valence-corrected chi connectivity index (χ3v) is 2.87. The molecule has 0 aliphatic rings. The van der Waals surface area contributed by atoms with E-state index in [1.165, 1.54) is 18.3 Å². The number of anilines is 1. The normalized spacial score (nSPS) is 10.9. The second kappa shape index (κ2) is 4.43. The molecular formula is C8H9ClN2O2S. The van der Waals surface area contributed by atoms with Crippen LogP contribution in [-0.4, -0.2) is 19.2 Å². The van der Waals surface area contributed by atoms with Gasteiger partial charge in [-0.25, -0.2) is 13.4 Å². The Balaban J connectivity index is 2.89. The third kappa shape index (κ3) is 3.01. The Morgan fingerprint density at radius 3 is 2.93 bits per heavy atom. The first kappa shape index (κ1) is 11.0. The molecule has 0 aliphatic heterocycles. The molecule has 0 saturated heterocycles. The van der Waals surface area contributed by atoms with Crippen LogP contribution >= 0.6 is 11.6 Å². The van der Waals surface area contributed by atoms with E-state index in [-0.39, 0.29) is 16.6 Å². The van der Waals surface area contributed by atoms with Crippen molar-refractivity contribution in [2.75, 3.05) is 10.5 Å². The van der Waals surface area contributed by atoms with E-state index in [1.807, 2.05) is 0 Å². The van der Waals surface area contributed by atoms with Crippen LogP contribution in [0.4, 0.5) is 5.69 Å². The smallest absolute Gasteiger partial charge is 0.236 e. The summed E-state index contributed by atoms with van der Waals surface area (Å²) in [4.78, 5) is 3.74. The molecule has 0 aromatic carbocycles. The number of nitrogens with zero attached hydrogens (tertiary/aromatic N) is 1. The number of rotatable bonds is 4. The molecule has 1 rings (SSSR count). The summed E-state index contributed by atoms with van der Waals surface area (Å²) in [6, 6.07) is 3.13. The number of aromatic nitrogens is 1. The van der Waals surface area contributed by atoms with Gasteiger partial charge in [-0.2, -0.15) is 0 Å². The molecule has 76 valence electrons. The zero-order chi connectivity index (χ0) is 10.6. The van der Waals surface area contributed by atoms with Gasteiger partial charge in [0.1, 0.15) is 0 Å². The molecule has 1 heterocycles. The molecule has 0 unspecified atom stereocenters. The van der Waals surface area contributed by atoms with Crippen LogP contribution in [0.15, 0.2) is 31.0 Å². The van der Waals surface area contributed by atoms with Gasteiger partial charge < -0.3 is 0 Å². The van der Waals surface area contributed by atoms with E-state index in [9.17, 15) is 8.42 Å². The minimum absolute atomic E-state index is 0.125. The molecule has 0 bridgehead atoms. The quantitative estimate of drug-likeness (QED) is 0.635. The maximum absolute atomic E-state index is 11.3. The Bertz CT molecular complexity index is 431. The fraction of sp³-hybridized carbons (Fsp3) is 0.125. The summed E-state index contributed by atoms with van der Waals surface area (Å²) < 4.78 is 24.9. The largest absolute Gasteiger partial charge is 0.280 e. The van der Waals surface area contributed by atoms with Gasteiger partial charge in [0.2, 0.25) is 10.0 Å². The fourth-order valence-electron chi connectivity index (χ4n) is 0.827. The van der Waals surface area contributed by atoms with Gasteiger partial charge in [-0.05, 0) is 12.1 Å². The lowest BCUT2D eigenvalue weighted by Crippen LogP contribution is -2.15. The molecule has 14 heavy (non-hydrogen) atoms. The second-order valence-electron chi connectivity index (χ2n) is 2.51. The summed E-state index contributed by atoms with van der Waals surface area (Å²) in [5, 5.41) is 0.125. The van der Waals surface area contributed by atoms with E-state index >= 15 is 0 Å². The molecule has 1 N–H and O–H groups in total. The second-order valence-corrected chi connectivity index (χ2v) is 4.64. The number of hydrogen-bond donors (Lipinski definition) is 1. The number of nitrogens with one attached hydrogen (secondary N) is 1. The lowest BCUT2D eigenvalue weighted by molar-refractivity contribution is 0.604. The maximum Gasteiger partial charge on any atom is 0.236 e. The van der Waals surface area contributed by atoms with Gasteiger partial charge in [-0.15, -0.1) is 6.58 Å². The highest BCUT2D eigenvalue weighted by atomic mass is 35.5. The van der Waals surface area contributed by atoms with Crippen LogP contribution in [0, 0.1) is 0 Å². The van der Waals surface area contributed by atoms with Crippen LogP contribution < -0.4 is 4.72 Å². The topological polar surface area (TPSA) is 59.1 Å². The number of pyridine rings is 1. The lowest BCUT2D eigenvalue weighted by atomic mass is 10.4. The van der Waals surface area contributed by atoms with Gasteiger partial charge >= 0.3 is 0 Å². The summed E-state index contributed by atoms with van der Waals surface area (Å²) in [5.74, 6) is -0.155. The van der Waals surface area contributed by atoms with Crippen molar-refractivity contribution >= 4 is 27.3 Å². The maximum atomic E-state index is 11.3. The van der Waals surface area contributed by atoms with Crippen LogP contribution in [0.5, 0.6) is 0 Å². The van der Waals surface area contributed by atoms with Crippen LogP contribution in [0.25, 0.3) is 0 Å². The molecule has 0 saturated carbocycles. The van der Waals surface area contributed by atoms with Gasteiger partial charge in [0, 0.05) is 6.20 Å². The lowest BCUT2D eigenvalue weighted by Gasteiger charge is -2.06. The third-order valence-electron chi connectivity index (χ3n) is 1.36. The predicted molar refractivity (Wildman–Crippen MR) is 56.9 cm³/mol. The number of halogens is 1. The summed E-state index contributed by atoms with van der Waals surface area (Å²) in [5.41, 5.74) is 0.274. The monoisotopic (exact) mass is 232 g/mol. The minimum atomic E-state index is -3.40. The predicted octanol–water partition coefficient (Wildman–Crippen LogP) is 1.66. The highest BCUT2D eigenvalue weighted by Crippen LogP contribution is 2.18. The van der Waals surface area contributed by atoms with E-state index in [1.54, 1.807) is 6.07 Å². The van der Waals surface area contributed by atoms with E-state index in [0.29, 0.717) is 0 Å². The minimum Gasteiger partial charge on any atom is -0.280 e. The van der Waals surface area contributed by atoms with Crippen molar-refractivity contribution in [1.29, 1.82) is 0 Å². The first-order valence-electron chi connectivity index (χ1n) is 3.77. The van der Waals surface area contributed by atoms with Crippen molar-refractivity contribution in [2.24, 2.45) is 0 Å². The van der Waals surface area contributed by atoms with E-state index in [2.05, 4.69) is 16.3 Å². The zero-order valence-electron chi connectivity index (χ0n) is 7.27. The van der Waals surface area contributed by atoms with Crippen LogP contribution in [0.2, 0.25) is 5.15 Å². The average molecular weight is 233 g/mol. The first-order valence-corrected chi connectivity index (χ1v) is 5.80. The molecule has 0 amide bonds.